The first-order valence-electron chi connectivity index (χ1n) is 6.83. The van der Waals surface area contributed by atoms with Gasteiger partial charge in [-0.3, -0.25) is 4.79 Å². The van der Waals surface area contributed by atoms with Gasteiger partial charge in [0.1, 0.15) is 5.75 Å². The van der Waals surface area contributed by atoms with Crippen LogP contribution in [0.15, 0.2) is 48.5 Å². The van der Waals surface area contributed by atoms with Crippen molar-refractivity contribution in [2.75, 3.05) is 11.9 Å². The van der Waals surface area contributed by atoms with E-state index in [9.17, 15) is 31.1 Å². The minimum atomic E-state index is -4.54. The molecular weight excluding hydrogens is 352 g/mol. The van der Waals surface area contributed by atoms with Crippen molar-refractivity contribution in [2.24, 2.45) is 0 Å². The molecule has 2 aromatic carbocycles. The third-order valence-electron chi connectivity index (χ3n) is 3.03. The number of hydrogen-bond acceptors (Lipinski definition) is 2. The number of ether oxygens (including phenoxy) is 1. The maximum atomic E-state index is 12.6. The standard InChI is InChI=1S/C16H11F6NO2/c17-15(18,19)10-4-6-12(7-5-10)23-14(24)9-25-13-3-1-2-11(8-13)16(20,21)22/h1-8H,9H2,(H,23,24). The molecule has 9 heteroatoms. The van der Waals surface area contributed by atoms with Crippen LogP contribution in [-0.2, 0) is 17.1 Å². The van der Waals surface area contributed by atoms with E-state index >= 15 is 0 Å². The summed E-state index contributed by atoms with van der Waals surface area (Å²) in [4.78, 5) is 11.7. The fraction of sp³-hybridized carbons (Fsp3) is 0.188. The van der Waals surface area contributed by atoms with Crippen molar-refractivity contribution in [1.29, 1.82) is 0 Å². The highest BCUT2D eigenvalue weighted by molar-refractivity contribution is 5.91. The molecule has 0 heterocycles. The second-order valence-electron chi connectivity index (χ2n) is 4.94. The molecule has 0 unspecified atom stereocenters. The molecule has 0 bridgehead atoms. The molecule has 0 radical (unpaired) electrons. The number of anilines is 1. The van der Waals surface area contributed by atoms with E-state index in [4.69, 9.17) is 4.74 Å². The average molecular weight is 363 g/mol. The van der Waals surface area contributed by atoms with Gasteiger partial charge in [-0.25, -0.2) is 0 Å². The first kappa shape index (κ1) is 18.6. The number of rotatable bonds is 4. The second kappa shape index (κ2) is 7.04. The van der Waals surface area contributed by atoms with Gasteiger partial charge in [0.05, 0.1) is 11.1 Å². The van der Waals surface area contributed by atoms with Gasteiger partial charge in [-0.2, -0.15) is 26.3 Å². The number of hydrogen-bond donors (Lipinski definition) is 1. The van der Waals surface area contributed by atoms with E-state index in [1.165, 1.54) is 6.07 Å². The number of halogens is 6. The van der Waals surface area contributed by atoms with Crippen LogP contribution in [0, 0.1) is 0 Å². The number of amides is 1. The Bertz CT molecular complexity index is 738. The van der Waals surface area contributed by atoms with Crippen molar-refractivity contribution < 1.29 is 35.9 Å². The third kappa shape index (κ3) is 5.40. The second-order valence-corrected chi connectivity index (χ2v) is 4.94. The summed E-state index contributed by atoms with van der Waals surface area (Å²) in [5.41, 5.74) is -1.69. The summed E-state index contributed by atoms with van der Waals surface area (Å²) in [5.74, 6) is -0.880. The molecule has 0 aliphatic heterocycles. The predicted molar refractivity (Wildman–Crippen MR) is 77.0 cm³/mol. The smallest absolute Gasteiger partial charge is 0.416 e. The quantitative estimate of drug-likeness (QED) is 0.797. The predicted octanol–water partition coefficient (Wildman–Crippen LogP) is 4.74. The van der Waals surface area contributed by atoms with E-state index in [1.807, 2.05) is 0 Å². The molecule has 1 amide bonds. The molecule has 25 heavy (non-hydrogen) atoms. The van der Waals surface area contributed by atoms with Crippen molar-refractivity contribution in [1.82, 2.24) is 0 Å². The van der Waals surface area contributed by atoms with Gasteiger partial charge in [0.15, 0.2) is 6.61 Å². The topological polar surface area (TPSA) is 38.3 Å². The summed E-state index contributed by atoms with van der Waals surface area (Å²) >= 11 is 0. The van der Waals surface area contributed by atoms with E-state index in [0.29, 0.717) is 0 Å². The van der Waals surface area contributed by atoms with Crippen LogP contribution in [0.2, 0.25) is 0 Å². The molecule has 134 valence electrons. The van der Waals surface area contributed by atoms with Gasteiger partial charge in [0.25, 0.3) is 5.91 Å². The number of nitrogens with one attached hydrogen (secondary N) is 1. The van der Waals surface area contributed by atoms with Crippen LogP contribution in [0.3, 0.4) is 0 Å². The molecule has 0 spiro atoms. The largest absolute Gasteiger partial charge is 0.484 e. The zero-order valence-corrected chi connectivity index (χ0v) is 12.4. The number of benzene rings is 2. The molecule has 0 saturated carbocycles. The maximum Gasteiger partial charge on any atom is 0.416 e. The summed E-state index contributed by atoms with van der Waals surface area (Å²) in [6, 6.07) is 7.69. The Kier molecular flexibility index (Phi) is 5.24. The molecule has 0 aliphatic rings. The van der Waals surface area contributed by atoms with Crippen molar-refractivity contribution >= 4 is 11.6 Å². The van der Waals surface area contributed by atoms with Gasteiger partial charge in [0, 0.05) is 5.69 Å². The first-order valence-corrected chi connectivity index (χ1v) is 6.83. The summed E-state index contributed by atoms with van der Waals surface area (Å²) in [5, 5.41) is 2.28. The van der Waals surface area contributed by atoms with Gasteiger partial charge in [0.2, 0.25) is 0 Å². The summed E-state index contributed by atoms with van der Waals surface area (Å²) in [6.07, 6.45) is -9.03. The summed E-state index contributed by atoms with van der Waals surface area (Å²) < 4.78 is 79.9. The molecule has 0 atom stereocenters. The lowest BCUT2D eigenvalue weighted by Gasteiger charge is -2.11. The van der Waals surface area contributed by atoms with Crippen LogP contribution < -0.4 is 10.1 Å². The lowest BCUT2D eigenvalue weighted by atomic mass is 10.2. The zero-order chi connectivity index (χ0) is 18.7. The molecular formula is C16H11F6NO2. The van der Waals surface area contributed by atoms with Crippen molar-refractivity contribution in [2.45, 2.75) is 12.4 Å². The zero-order valence-electron chi connectivity index (χ0n) is 12.4. The summed E-state index contributed by atoms with van der Waals surface area (Å²) in [6.45, 7) is -0.595. The van der Waals surface area contributed by atoms with E-state index in [2.05, 4.69) is 5.32 Å². The van der Waals surface area contributed by atoms with Gasteiger partial charge in [-0.1, -0.05) is 6.07 Å². The third-order valence-corrected chi connectivity index (χ3v) is 3.03. The van der Waals surface area contributed by atoms with Crippen LogP contribution in [0.5, 0.6) is 5.75 Å². The Balaban J connectivity index is 1.93. The number of alkyl halides is 6. The van der Waals surface area contributed by atoms with Gasteiger partial charge in [-0.05, 0) is 42.5 Å². The van der Waals surface area contributed by atoms with Crippen LogP contribution >= 0.6 is 0 Å². The van der Waals surface area contributed by atoms with Gasteiger partial charge < -0.3 is 10.1 Å². The van der Waals surface area contributed by atoms with Crippen LogP contribution in [-0.4, -0.2) is 12.5 Å². The number of carbonyl (C=O) groups is 1. The van der Waals surface area contributed by atoms with Crippen molar-refractivity contribution in [3.63, 3.8) is 0 Å². The lowest BCUT2D eigenvalue weighted by molar-refractivity contribution is -0.138. The minimum absolute atomic E-state index is 0.102. The van der Waals surface area contributed by atoms with Crippen LogP contribution in [0.25, 0.3) is 0 Å². The molecule has 0 saturated heterocycles. The van der Waals surface area contributed by atoms with Gasteiger partial charge in [-0.15, -0.1) is 0 Å². The van der Waals surface area contributed by atoms with E-state index in [-0.39, 0.29) is 11.4 Å². The number of carbonyl (C=O) groups excluding carboxylic acids is 1. The highest BCUT2D eigenvalue weighted by atomic mass is 19.4. The highest BCUT2D eigenvalue weighted by Crippen LogP contribution is 2.31. The Morgan fingerprint density at radius 1 is 0.880 bits per heavy atom. The Morgan fingerprint density at radius 3 is 2.04 bits per heavy atom. The fourth-order valence-corrected chi connectivity index (χ4v) is 1.85. The summed E-state index contributed by atoms with van der Waals surface area (Å²) in [7, 11) is 0. The van der Waals surface area contributed by atoms with E-state index in [1.54, 1.807) is 0 Å². The Hall–Kier alpha value is -2.71. The highest BCUT2D eigenvalue weighted by Gasteiger charge is 2.31. The lowest BCUT2D eigenvalue weighted by Crippen LogP contribution is -2.20. The van der Waals surface area contributed by atoms with Crippen LogP contribution in [0.1, 0.15) is 11.1 Å². The Labute approximate surface area is 138 Å². The maximum absolute atomic E-state index is 12.6. The molecule has 3 nitrogen and oxygen atoms in total. The molecule has 1 N–H and O–H groups in total. The molecule has 2 rings (SSSR count). The molecule has 0 aromatic heterocycles. The monoisotopic (exact) mass is 363 g/mol. The average Bonchev–Trinajstić information content (AvgIpc) is 2.52. The molecule has 0 aliphatic carbocycles. The fourth-order valence-electron chi connectivity index (χ4n) is 1.85. The first-order chi connectivity index (χ1) is 11.6. The Morgan fingerprint density at radius 2 is 1.48 bits per heavy atom. The SMILES string of the molecule is O=C(COc1cccc(C(F)(F)F)c1)Nc1ccc(C(F)(F)F)cc1. The van der Waals surface area contributed by atoms with Crippen LogP contribution in [0.4, 0.5) is 32.0 Å². The van der Waals surface area contributed by atoms with E-state index < -0.39 is 36.0 Å². The van der Waals surface area contributed by atoms with E-state index in [0.717, 1.165) is 42.5 Å². The molecule has 2 aromatic rings. The minimum Gasteiger partial charge on any atom is -0.484 e. The normalized spacial score (nSPS) is 11.9. The van der Waals surface area contributed by atoms with Crippen molar-refractivity contribution in [3.8, 4) is 5.75 Å². The van der Waals surface area contributed by atoms with Gasteiger partial charge >= 0.3 is 12.4 Å². The molecule has 0 fully saturated rings. The van der Waals surface area contributed by atoms with Crippen molar-refractivity contribution in [3.05, 3.63) is 59.7 Å².